The lowest BCUT2D eigenvalue weighted by atomic mass is 9.96. The standard InChI is InChI=1S/C12H10BClN2O/c13-9-3-8-5-15-11(14)4-10(8)16(12(9)17)6-7-1-2-7/h3-5,7H,1-2,6H2. The Balaban J connectivity index is 2.29. The highest BCUT2D eigenvalue weighted by molar-refractivity contribution is 6.33. The third-order valence-corrected chi connectivity index (χ3v) is 3.32. The highest BCUT2D eigenvalue weighted by Crippen LogP contribution is 2.31. The average molecular weight is 244 g/mol. The van der Waals surface area contributed by atoms with Gasteiger partial charge in [0.25, 0.3) is 0 Å². The molecule has 2 aromatic rings. The molecule has 0 aromatic carbocycles. The van der Waals surface area contributed by atoms with Crippen LogP contribution in [0.3, 0.4) is 0 Å². The van der Waals surface area contributed by atoms with Gasteiger partial charge in [-0.1, -0.05) is 17.7 Å². The van der Waals surface area contributed by atoms with Gasteiger partial charge in [0.05, 0.1) is 5.52 Å². The molecule has 5 heteroatoms. The van der Waals surface area contributed by atoms with Crippen LogP contribution in [0.2, 0.25) is 5.15 Å². The topological polar surface area (TPSA) is 34.9 Å². The number of rotatable bonds is 2. The Morgan fingerprint density at radius 1 is 1.47 bits per heavy atom. The van der Waals surface area contributed by atoms with Gasteiger partial charge in [-0.15, -0.1) is 0 Å². The van der Waals surface area contributed by atoms with Crippen molar-refractivity contribution < 1.29 is 0 Å². The second-order valence-electron chi connectivity index (χ2n) is 4.52. The normalized spacial score (nSPS) is 15.4. The zero-order chi connectivity index (χ0) is 12.0. The molecule has 0 bridgehead atoms. The second kappa shape index (κ2) is 3.88. The molecular weight excluding hydrogens is 234 g/mol. The molecule has 0 aliphatic heterocycles. The molecule has 0 spiro atoms. The van der Waals surface area contributed by atoms with Crippen molar-refractivity contribution in [2.24, 2.45) is 5.92 Å². The van der Waals surface area contributed by atoms with Gasteiger partial charge in [0.1, 0.15) is 13.0 Å². The summed E-state index contributed by atoms with van der Waals surface area (Å²) in [4.78, 5) is 16.0. The lowest BCUT2D eigenvalue weighted by Gasteiger charge is -2.11. The van der Waals surface area contributed by atoms with Crippen molar-refractivity contribution in [3.8, 4) is 0 Å². The van der Waals surface area contributed by atoms with Gasteiger partial charge in [0.2, 0.25) is 5.56 Å². The molecule has 1 saturated carbocycles. The smallest absolute Gasteiger partial charge is 0.243 e. The van der Waals surface area contributed by atoms with E-state index in [0.717, 1.165) is 17.4 Å². The van der Waals surface area contributed by atoms with Crippen LogP contribution in [0.1, 0.15) is 12.8 Å². The van der Waals surface area contributed by atoms with E-state index >= 15 is 0 Å². The molecule has 0 saturated heterocycles. The molecule has 0 N–H and O–H groups in total. The van der Waals surface area contributed by atoms with Gasteiger partial charge in [0.15, 0.2) is 0 Å². The van der Waals surface area contributed by atoms with Crippen molar-refractivity contribution in [1.29, 1.82) is 0 Å². The van der Waals surface area contributed by atoms with E-state index < -0.39 is 0 Å². The van der Waals surface area contributed by atoms with Gasteiger partial charge in [-0.2, -0.15) is 0 Å². The van der Waals surface area contributed by atoms with Crippen molar-refractivity contribution in [2.45, 2.75) is 19.4 Å². The summed E-state index contributed by atoms with van der Waals surface area (Å²) in [6.07, 6.45) is 4.01. The van der Waals surface area contributed by atoms with E-state index in [1.807, 2.05) is 0 Å². The summed E-state index contributed by atoms with van der Waals surface area (Å²) in [6, 6.07) is 3.38. The van der Waals surface area contributed by atoms with Crippen molar-refractivity contribution in [3.63, 3.8) is 0 Å². The van der Waals surface area contributed by atoms with Gasteiger partial charge in [-0.05, 0) is 30.3 Å². The van der Waals surface area contributed by atoms with Crippen molar-refractivity contribution in [3.05, 3.63) is 33.8 Å². The molecule has 84 valence electrons. The van der Waals surface area contributed by atoms with Crippen LogP contribution < -0.4 is 11.0 Å². The molecule has 17 heavy (non-hydrogen) atoms. The lowest BCUT2D eigenvalue weighted by molar-refractivity contribution is 0.629. The van der Waals surface area contributed by atoms with Crippen LogP contribution >= 0.6 is 11.6 Å². The molecule has 2 radical (unpaired) electrons. The number of fused-ring (bicyclic) bond motifs is 1. The monoisotopic (exact) mass is 244 g/mol. The van der Waals surface area contributed by atoms with E-state index in [1.165, 1.54) is 12.8 Å². The number of aromatic nitrogens is 2. The van der Waals surface area contributed by atoms with Gasteiger partial charge >= 0.3 is 0 Å². The van der Waals surface area contributed by atoms with E-state index in [9.17, 15) is 4.79 Å². The predicted octanol–water partition coefficient (Wildman–Crippen LogP) is 1.25. The van der Waals surface area contributed by atoms with Crippen LogP contribution in [0.5, 0.6) is 0 Å². The van der Waals surface area contributed by atoms with Crippen molar-refractivity contribution >= 4 is 35.8 Å². The second-order valence-corrected chi connectivity index (χ2v) is 4.91. The Morgan fingerprint density at radius 2 is 2.24 bits per heavy atom. The largest absolute Gasteiger partial charge is 0.308 e. The lowest BCUT2D eigenvalue weighted by Crippen LogP contribution is -2.35. The first-order valence-electron chi connectivity index (χ1n) is 5.60. The molecule has 0 unspecified atom stereocenters. The van der Waals surface area contributed by atoms with E-state index in [-0.39, 0.29) is 11.0 Å². The zero-order valence-electron chi connectivity index (χ0n) is 9.19. The summed E-state index contributed by atoms with van der Waals surface area (Å²) in [7, 11) is 5.73. The summed E-state index contributed by atoms with van der Waals surface area (Å²) in [6.45, 7) is 0.723. The fraction of sp³-hybridized carbons (Fsp3) is 0.333. The van der Waals surface area contributed by atoms with Gasteiger partial charge < -0.3 is 4.57 Å². The molecular formula is C12H10BClN2O. The molecule has 1 aliphatic carbocycles. The predicted molar refractivity (Wildman–Crippen MR) is 69.1 cm³/mol. The molecule has 0 amide bonds. The Hall–Kier alpha value is -1.29. The van der Waals surface area contributed by atoms with E-state index in [1.54, 1.807) is 22.9 Å². The summed E-state index contributed by atoms with van der Waals surface area (Å²) < 4.78 is 1.72. The Kier molecular flexibility index (Phi) is 2.47. The minimum atomic E-state index is -0.133. The summed E-state index contributed by atoms with van der Waals surface area (Å²) >= 11 is 5.88. The van der Waals surface area contributed by atoms with Gasteiger partial charge in [-0.3, -0.25) is 4.79 Å². The summed E-state index contributed by atoms with van der Waals surface area (Å²) in [5.41, 5.74) is 0.949. The Labute approximate surface area is 105 Å². The maximum absolute atomic E-state index is 12.0. The molecule has 2 heterocycles. The van der Waals surface area contributed by atoms with Crippen LogP contribution in [0.4, 0.5) is 0 Å². The van der Waals surface area contributed by atoms with Crippen LogP contribution in [-0.2, 0) is 6.54 Å². The highest BCUT2D eigenvalue weighted by Gasteiger charge is 2.23. The molecule has 2 aromatic heterocycles. The highest BCUT2D eigenvalue weighted by atomic mass is 35.5. The van der Waals surface area contributed by atoms with Crippen molar-refractivity contribution in [1.82, 2.24) is 9.55 Å². The first kappa shape index (κ1) is 10.8. The number of pyridine rings is 2. The SMILES string of the molecule is [B]c1cc2cnc(Cl)cc2n(CC2CC2)c1=O. The van der Waals surface area contributed by atoms with Gasteiger partial charge in [-0.25, -0.2) is 4.98 Å². The third kappa shape index (κ3) is 1.97. The number of nitrogens with zero attached hydrogens (tertiary/aromatic N) is 2. The third-order valence-electron chi connectivity index (χ3n) is 3.11. The Bertz CT molecular complexity index is 649. The van der Waals surface area contributed by atoms with Crippen LogP contribution in [0.25, 0.3) is 10.9 Å². The number of hydrogen-bond donors (Lipinski definition) is 0. The minimum Gasteiger partial charge on any atom is -0.308 e. The fourth-order valence-electron chi connectivity index (χ4n) is 2.01. The molecule has 3 rings (SSSR count). The van der Waals surface area contributed by atoms with Crippen LogP contribution in [0, 0.1) is 5.92 Å². The zero-order valence-corrected chi connectivity index (χ0v) is 9.94. The first-order chi connectivity index (χ1) is 8.15. The minimum absolute atomic E-state index is 0.133. The quantitative estimate of drug-likeness (QED) is 0.589. The maximum Gasteiger partial charge on any atom is 0.243 e. The van der Waals surface area contributed by atoms with E-state index in [0.29, 0.717) is 11.1 Å². The fourth-order valence-corrected chi connectivity index (χ4v) is 2.16. The molecule has 3 nitrogen and oxygen atoms in total. The number of halogens is 1. The van der Waals surface area contributed by atoms with Crippen molar-refractivity contribution in [2.75, 3.05) is 0 Å². The molecule has 0 atom stereocenters. The van der Waals surface area contributed by atoms with Crippen LogP contribution in [-0.4, -0.2) is 17.4 Å². The van der Waals surface area contributed by atoms with E-state index in [2.05, 4.69) is 4.98 Å². The van der Waals surface area contributed by atoms with Gasteiger partial charge in [0, 0.05) is 18.1 Å². The first-order valence-corrected chi connectivity index (χ1v) is 5.97. The number of hydrogen-bond acceptors (Lipinski definition) is 2. The van der Waals surface area contributed by atoms with E-state index in [4.69, 9.17) is 19.4 Å². The maximum atomic E-state index is 12.0. The molecule has 1 aliphatic rings. The summed E-state index contributed by atoms with van der Waals surface area (Å²) in [5.74, 6) is 0.602. The summed E-state index contributed by atoms with van der Waals surface area (Å²) in [5, 5.41) is 1.25. The average Bonchev–Trinajstić information content (AvgIpc) is 3.10. The van der Waals surface area contributed by atoms with Crippen LogP contribution in [0.15, 0.2) is 23.1 Å². The molecule has 1 fully saturated rings. The Morgan fingerprint density at radius 3 is 2.94 bits per heavy atom.